The van der Waals surface area contributed by atoms with Gasteiger partial charge in [0.15, 0.2) is 0 Å². The number of aromatic amines is 1. The lowest BCUT2D eigenvalue weighted by atomic mass is 10.1. The number of thiophene rings is 1. The maximum atomic E-state index is 11.7. The summed E-state index contributed by atoms with van der Waals surface area (Å²) in [7, 11) is 0. The standard InChI is InChI=1S/C13H12N2O2S/c1-6-7(2)17-8(3)11(6)10-4-9-12(18-10)13(16)15-5-14-9/h4-5H,1-3H3,(H,14,15,16). The Morgan fingerprint density at radius 1 is 1.28 bits per heavy atom. The number of furan rings is 1. The molecular weight excluding hydrogens is 248 g/mol. The predicted molar refractivity (Wildman–Crippen MR) is 72.2 cm³/mol. The molecule has 0 unspecified atom stereocenters. The van der Waals surface area contributed by atoms with Crippen LogP contribution in [0.4, 0.5) is 0 Å². The van der Waals surface area contributed by atoms with Gasteiger partial charge in [0.25, 0.3) is 5.56 Å². The van der Waals surface area contributed by atoms with Crippen LogP contribution in [0.2, 0.25) is 0 Å². The molecule has 1 N–H and O–H groups in total. The lowest BCUT2D eigenvalue weighted by Gasteiger charge is -1.95. The maximum absolute atomic E-state index is 11.7. The van der Waals surface area contributed by atoms with Gasteiger partial charge in [0.1, 0.15) is 16.2 Å². The zero-order chi connectivity index (χ0) is 12.9. The monoisotopic (exact) mass is 260 g/mol. The average Bonchev–Trinajstić information content (AvgIpc) is 2.83. The molecule has 0 aliphatic carbocycles. The molecule has 0 saturated carbocycles. The van der Waals surface area contributed by atoms with E-state index in [1.54, 1.807) is 0 Å². The molecule has 0 saturated heterocycles. The van der Waals surface area contributed by atoms with Crippen molar-refractivity contribution in [2.75, 3.05) is 0 Å². The summed E-state index contributed by atoms with van der Waals surface area (Å²) in [5.41, 5.74) is 2.84. The highest BCUT2D eigenvalue weighted by Crippen LogP contribution is 2.37. The predicted octanol–water partition coefficient (Wildman–Crippen LogP) is 3.17. The molecule has 0 atom stereocenters. The number of hydrogen-bond acceptors (Lipinski definition) is 4. The number of nitrogens with one attached hydrogen (secondary N) is 1. The highest BCUT2D eigenvalue weighted by atomic mass is 32.1. The van der Waals surface area contributed by atoms with Crippen molar-refractivity contribution in [1.82, 2.24) is 9.97 Å². The van der Waals surface area contributed by atoms with E-state index in [0.717, 1.165) is 33.0 Å². The van der Waals surface area contributed by atoms with Crippen LogP contribution < -0.4 is 5.56 Å². The summed E-state index contributed by atoms with van der Waals surface area (Å²) in [6, 6.07) is 1.94. The van der Waals surface area contributed by atoms with E-state index in [-0.39, 0.29) is 5.56 Å². The summed E-state index contributed by atoms with van der Waals surface area (Å²) >= 11 is 1.45. The first kappa shape index (κ1) is 11.2. The van der Waals surface area contributed by atoms with Crippen LogP contribution in [0.3, 0.4) is 0 Å². The molecule has 0 radical (unpaired) electrons. The first-order valence-electron chi connectivity index (χ1n) is 5.62. The van der Waals surface area contributed by atoms with Crippen LogP contribution in [-0.2, 0) is 0 Å². The van der Waals surface area contributed by atoms with Gasteiger partial charge in [-0.05, 0) is 32.4 Å². The number of hydrogen-bond donors (Lipinski definition) is 1. The van der Waals surface area contributed by atoms with Gasteiger partial charge in [-0.3, -0.25) is 4.79 Å². The summed E-state index contributed by atoms with van der Waals surface area (Å²) in [6.45, 7) is 5.92. The van der Waals surface area contributed by atoms with Crippen LogP contribution in [-0.4, -0.2) is 9.97 Å². The molecule has 3 aromatic rings. The van der Waals surface area contributed by atoms with Gasteiger partial charge in [0.05, 0.1) is 11.8 Å². The molecule has 0 spiro atoms. The largest absolute Gasteiger partial charge is 0.466 e. The van der Waals surface area contributed by atoms with E-state index in [0.29, 0.717) is 4.70 Å². The van der Waals surface area contributed by atoms with Gasteiger partial charge in [0.2, 0.25) is 0 Å². The van der Waals surface area contributed by atoms with Gasteiger partial charge in [-0.2, -0.15) is 0 Å². The summed E-state index contributed by atoms with van der Waals surface area (Å²) in [5, 5.41) is 0. The van der Waals surface area contributed by atoms with Crippen molar-refractivity contribution in [2.24, 2.45) is 0 Å². The molecule has 3 heterocycles. The zero-order valence-corrected chi connectivity index (χ0v) is 11.1. The van der Waals surface area contributed by atoms with Gasteiger partial charge in [0, 0.05) is 10.4 Å². The number of H-pyrrole nitrogens is 1. The van der Waals surface area contributed by atoms with E-state index < -0.39 is 0 Å². The second-order valence-electron chi connectivity index (χ2n) is 4.27. The molecule has 0 fully saturated rings. The SMILES string of the molecule is Cc1oc(C)c(-c2cc3nc[nH]c(=O)c3s2)c1C. The Kier molecular flexibility index (Phi) is 2.38. The van der Waals surface area contributed by atoms with E-state index >= 15 is 0 Å². The normalized spacial score (nSPS) is 11.3. The number of aromatic nitrogens is 2. The third-order valence-electron chi connectivity index (χ3n) is 3.13. The minimum atomic E-state index is -0.0910. The minimum absolute atomic E-state index is 0.0910. The third kappa shape index (κ3) is 1.51. The summed E-state index contributed by atoms with van der Waals surface area (Å²) in [6.07, 6.45) is 1.43. The highest BCUT2D eigenvalue weighted by molar-refractivity contribution is 7.22. The Morgan fingerprint density at radius 2 is 2.06 bits per heavy atom. The molecule has 5 heteroatoms. The minimum Gasteiger partial charge on any atom is -0.466 e. The number of fused-ring (bicyclic) bond motifs is 1. The fraction of sp³-hybridized carbons (Fsp3) is 0.231. The van der Waals surface area contributed by atoms with Crippen LogP contribution >= 0.6 is 11.3 Å². The first-order chi connectivity index (χ1) is 8.58. The van der Waals surface area contributed by atoms with Crippen LogP contribution in [0, 0.1) is 20.8 Å². The van der Waals surface area contributed by atoms with Crippen molar-refractivity contribution in [1.29, 1.82) is 0 Å². The number of aryl methyl sites for hydroxylation is 2. The van der Waals surface area contributed by atoms with E-state index in [1.807, 2.05) is 26.8 Å². The Bertz CT molecular complexity index is 795. The Labute approximate surface area is 107 Å². The Hall–Kier alpha value is -1.88. The summed E-state index contributed by atoms with van der Waals surface area (Å²) in [5.74, 6) is 1.80. The van der Waals surface area contributed by atoms with Crippen molar-refractivity contribution >= 4 is 21.6 Å². The quantitative estimate of drug-likeness (QED) is 0.731. The van der Waals surface area contributed by atoms with Gasteiger partial charge in [-0.15, -0.1) is 11.3 Å². The zero-order valence-electron chi connectivity index (χ0n) is 10.3. The van der Waals surface area contributed by atoms with Crippen molar-refractivity contribution in [3.8, 4) is 10.4 Å². The van der Waals surface area contributed by atoms with Crippen molar-refractivity contribution in [3.63, 3.8) is 0 Å². The topological polar surface area (TPSA) is 58.9 Å². The third-order valence-corrected chi connectivity index (χ3v) is 4.27. The number of nitrogens with zero attached hydrogens (tertiary/aromatic N) is 1. The maximum Gasteiger partial charge on any atom is 0.268 e. The van der Waals surface area contributed by atoms with E-state index in [2.05, 4.69) is 9.97 Å². The van der Waals surface area contributed by atoms with Gasteiger partial charge < -0.3 is 9.40 Å². The molecule has 3 aromatic heterocycles. The average molecular weight is 260 g/mol. The summed E-state index contributed by atoms with van der Waals surface area (Å²) < 4.78 is 6.28. The highest BCUT2D eigenvalue weighted by Gasteiger charge is 2.16. The second kappa shape index (κ2) is 3.81. The van der Waals surface area contributed by atoms with Crippen LogP contribution in [0.1, 0.15) is 17.1 Å². The molecule has 0 aromatic carbocycles. The fourth-order valence-corrected chi connectivity index (χ4v) is 3.30. The molecule has 0 aliphatic rings. The molecule has 0 aliphatic heterocycles. The molecule has 0 bridgehead atoms. The molecule has 18 heavy (non-hydrogen) atoms. The fourth-order valence-electron chi connectivity index (χ4n) is 2.14. The van der Waals surface area contributed by atoms with Crippen LogP contribution in [0.5, 0.6) is 0 Å². The molecule has 4 nitrogen and oxygen atoms in total. The lowest BCUT2D eigenvalue weighted by Crippen LogP contribution is -2.02. The van der Waals surface area contributed by atoms with Gasteiger partial charge >= 0.3 is 0 Å². The van der Waals surface area contributed by atoms with Crippen LogP contribution in [0.15, 0.2) is 21.6 Å². The Balaban J connectivity index is 2.32. The van der Waals surface area contributed by atoms with Gasteiger partial charge in [-0.1, -0.05) is 0 Å². The van der Waals surface area contributed by atoms with Crippen LogP contribution in [0.25, 0.3) is 20.7 Å². The summed E-state index contributed by atoms with van der Waals surface area (Å²) in [4.78, 5) is 19.5. The molecule has 92 valence electrons. The first-order valence-corrected chi connectivity index (χ1v) is 6.43. The lowest BCUT2D eigenvalue weighted by molar-refractivity contribution is 0.503. The van der Waals surface area contributed by atoms with Gasteiger partial charge in [-0.25, -0.2) is 4.98 Å². The van der Waals surface area contributed by atoms with Crippen molar-refractivity contribution < 1.29 is 4.42 Å². The smallest absolute Gasteiger partial charge is 0.268 e. The molecular formula is C13H12N2O2S. The van der Waals surface area contributed by atoms with Crippen molar-refractivity contribution in [3.05, 3.63) is 39.8 Å². The second-order valence-corrected chi connectivity index (χ2v) is 5.32. The van der Waals surface area contributed by atoms with E-state index in [4.69, 9.17) is 4.42 Å². The molecule has 0 amide bonds. The van der Waals surface area contributed by atoms with Crippen molar-refractivity contribution in [2.45, 2.75) is 20.8 Å². The molecule has 3 rings (SSSR count). The van der Waals surface area contributed by atoms with E-state index in [9.17, 15) is 4.79 Å². The Morgan fingerprint density at radius 3 is 2.67 bits per heavy atom. The number of rotatable bonds is 1. The van der Waals surface area contributed by atoms with E-state index in [1.165, 1.54) is 17.7 Å².